The van der Waals surface area contributed by atoms with E-state index in [1.54, 1.807) is 0 Å². The Labute approximate surface area is 113 Å². The predicted octanol–water partition coefficient (Wildman–Crippen LogP) is 4.18. The van der Waals surface area contributed by atoms with Gasteiger partial charge in [0.25, 0.3) is 0 Å². The first kappa shape index (κ1) is 13.1. The molecular weight excluding hydrogens is 276 g/mol. The Balaban J connectivity index is 2.12. The molecule has 17 heavy (non-hydrogen) atoms. The fourth-order valence-corrected chi connectivity index (χ4v) is 3.71. The van der Waals surface area contributed by atoms with Crippen LogP contribution in [0.5, 0.6) is 0 Å². The lowest BCUT2D eigenvalue weighted by Crippen LogP contribution is -2.28. The predicted molar refractivity (Wildman–Crippen MR) is 75.5 cm³/mol. The number of alkyl halides is 1. The minimum atomic E-state index is 0.459. The molecule has 1 fully saturated rings. The summed E-state index contributed by atoms with van der Waals surface area (Å²) in [6, 6.07) is 0. The minimum absolute atomic E-state index is 0.459. The van der Waals surface area contributed by atoms with Crippen LogP contribution in [-0.4, -0.2) is 14.9 Å². The molecule has 0 radical (unpaired) electrons. The summed E-state index contributed by atoms with van der Waals surface area (Å²) in [5.74, 6) is 1.23. The molecule has 0 aromatic carbocycles. The van der Waals surface area contributed by atoms with E-state index in [2.05, 4.69) is 38.6 Å². The lowest BCUT2D eigenvalue weighted by atomic mass is 9.82. The lowest BCUT2D eigenvalue weighted by Gasteiger charge is -2.31. The van der Waals surface area contributed by atoms with Gasteiger partial charge in [-0.1, -0.05) is 48.5 Å². The molecule has 2 nitrogen and oxygen atoms in total. The van der Waals surface area contributed by atoms with Crippen molar-refractivity contribution in [1.29, 1.82) is 0 Å². The fraction of sp³-hybridized carbons (Fsp3) is 0.786. The number of imidazole rings is 1. The summed E-state index contributed by atoms with van der Waals surface area (Å²) in [5, 5.41) is 1.13. The molecule has 0 N–H and O–H groups in total. The highest BCUT2D eigenvalue weighted by atomic mass is 79.9. The van der Waals surface area contributed by atoms with Crippen LogP contribution in [0.2, 0.25) is 0 Å². The zero-order valence-corrected chi connectivity index (χ0v) is 12.4. The first-order valence-corrected chi connectivity index (χ1v) is 7.98. The van der Waals surface area contributed by atoms with Crippen LogP contribution < -0.4 is 0 Å². The van der Waals surface area contributed by atoms with Gasteiger partial charge in [-0.3, -0.25) is 0 Å². The molecule has 1 aliphatic rings. The minimum Gasteiger partial charge on any atom is -0.334 e. The van der Waals surface area contributed by atoms with Crippen molar-refractivity contribution < 1.29 is 0 Å². The van der Waals surface area contributed by atoms with Crippen LogP contribution in [0, 0.1) is 5.41 Å². The van der Waals surface area contributed by atoms with Gasteiger partial charge >= 0.3 is 0 Å². The Morgan fingerprint density at radius 3 is 2.59 bits per heavy atom. The van der Waals surface area contributed by atoms with Crippen LogP contribution in [0.25, 0.3) is 0 Å². The van der Waals surface area contributed by atoms with Crippen LogP contribution in [0.3, 0.4) is 0 Å². The molecule has 0 spiro atoms. The maximum absolute atomic E-state index is 4.44. The zero-order valence-electron chi connectivity index (χ0n) is 10.8. The van der Waals surface area contributed by atoms with Gasteiger partial charge in [-0.05, 0) is 18.3 Å². The average Bonchev–Trinajstić information content (AvgIpc) is 2.66. The molecular formula is C14H23BrN2. The van der Waals surface area contributed by atoms with Crippen molar-refractivity contribution in [2.24, 2.45) is 5.41 Å². The van der Waals surface area contributed by atoms with E-state index in [-0.39, 0.29) is 0 Å². The van der Waals surface area contributed by atoms with Crippen molar-refractivity contribution in [3.8, 4) is 0 Å². The fourth-order valence-electron chi connectivity index (χ4n) is 2.97. The summed E-state index contributed by atoms with van der Waals surface area (Å²) in [5.41, 5.74) is 0.459. The highest BCUT2D eigenvalue weighted by Gasteiger charge is 2.30. The number of hydrogen-bond acceptors (Lipinski definition) is 1. The van der Waals surface area contributed by atoms with Gasteiger partial charge in [0.05, 0.1) is 0 Å². The molecule has 0 aliphatic heterocycles. The second kappa shape index (κ2) is 6.03. The van der Waals surface area contributed by atoms with Crippen molar-refractivity contribution in [1.82, 2.24) is 9.55 Å². The number of hydrogen-bond donors (Lipinski definition) is 0. The molecule has 1 aromatic heterocycles. The molecule has 1 saturated carbocycles. The Morgan fingerprint density at radius 2 is 2.00 bits per heavy atom. The number of rotatable bonds is 4. The Hall–Kier alpha value is -0.310. The SMILES string of the molecule is CCc1nccn1CC1(CBr)CCCCCC1. The smallest absolute Gasteiger partial charge is 0.108 e. The molecule has 1 aliphatic carbocycles. The summed E-state index contributed by atoms with van der Waals surface area (Å²) in [4.78, 5) is 4.44. The van der Waals surface area contributed by atoms with Crippen molar-refractivity contribution in [2.45, 2.75) is 58.4 Å². The van der Waals surface area contributed by atoms with E-state index < -0.39 is 0 Å². The second-order valence-electron chi connectivity index (χ2n) is 5.37. The topological polar surface area (TPSA) is 17.8 Å². The van der Waals surface area contributed by atoms with E-state index in [0.717, 1.165) is 18.3 Å². The van der Waals surface area contributed by atoms with Gasteiger partial charge in [-0.15, -0.1) is 0 Å². The van der Waals surface area contributed by atoms with Gasteiger partial charge in [0.15, 0.2) is 0 Å². The number of aryl methyl sites for hydroxylation is 1. The summed E-state index contributed by atoms with van der Waals surface area (Å²) in [6.07, 6.45) is 13.5. The first-order chi connectivity index (χ1) is 8.29. The van der Waals surface area contributed by atoms with Gasteiger partial charge in [-0.25, -0.2) is 4.98 Å². The quantitative estimate of drug-likeness (QED) is 0.602. The largest absolute Gasteiger partial charge is 0.334 e. The molecule has 0 atom stereocenters. The Morgan fingerprint density at radius 1 is 1.29 bits per heavy atom. The van der Waals surface area contributed by atoms with Crippen molar-refractivity contribution >= 4 is 15.9 Å². The maximum Gasteiger partial charge on any atom is 0.108 e. The molecule has 3 heteroatoms. The lowest BCUT2D eigenvalue weighted by molar-refractivity contribution is 0.240. The normalized spacial score (nSPS) is 20.1. The van der Waals surface area contributed by atoms with Crippen LogP contribution in [-0.2, 0) is 13.0 Å². The summed E-state index contributed by atoms with van der Waals surface area (Å²) in [7, 11) is 0. The molecule has 0 amide bonds. The van der Waals surface area contributed by atoms with E-state index in [4.69, 9.17) is 0 Å². The van der Waals surface area contributed by atoms with Crippen molar-refractivity contribution in [3.63, 3.8) is 0 Å². The average molecular weight is 299 g/mol. The van der Waals surface area contributed by atoms with E-state index >= 15 is 0 Å². The standard InChI is InChI=1S/C14H23BrN2/c1-2-13-16-9-10-17(13)12-14(11-15)7-5-3-4-6-8-14/h9-10H,2-8,11-12H2,1H3. The van der Waals surface area contributed by atoms with Crippen molar-refractivity contribution in [2.75, 3.05) is 5.33 Å². The second-order valence-corrected chi connectivity index (χ2v) is 5.93. The van der Waals surface area contributed by atoms with Crippen LogP contribution in [0.4, 0.5) is 0 Å². The monoisotopic (exact) mass is 298 g/mol. The van der Waals surface area contributed by atoms with Gasteiger partial charge in [0, 0.05) is 30.7 Å². The van der Waals surface area contributed by atoms with E-state index in [0.29, 0.717) is 5.41 Å². The third-order valence-corrected chi connectivity index (χ3v) is 5.26. The summed E-state index contributed by atoms with van der Waals surface area (Å²) < 4.78 is 2.37. The third kappa shape index (κ3) is 3.12. The molecule has 0 bridgehead atoms. The molecule has 0 saturated heterocycles. The molecule has 0 unspecified atom stereocenters. The zero-order chi connectivity index (χ0) is 12.1. The Kier molecular flexibility index (Phi) is 4.66. The molecule has 2 rings (SSSR count). The van der Waals surface area contributed by atoms with Crippen LogP contribution in [0.15, 0.2) is 12.4 Å². The van der Waals surface area contributed by atoms with Crippen LogP contribution in [0.1, 0.15) is 51.3 Å². The highest BCUT2D eigenvalue weighted by Crippen LogP contribution is 2.38. The van der Waals surface area contributed by atoms with Crippen molar-refractivity contribution in [3.05, 3.63) is 18.2 Å². The van der Waals surface area contributed by atoms with Gasteiger partial charge < -0.3 is 4.57 Å². The number of aromatic nitrogens is 2. The van der Waals surface area contributed by atoms with E-state index in [1.165, 1.54) is 44.3 Å². The maximum atomic E-state index is 4.44. The molecule has 1 heterocycles. The highest BCUT2D eigenvalue weighted by molar-refractivity contribution is 9.09. The van der Waals surface area contributed by atoms with E-state index in [9.17, 15) is 0 Å². The number of halogens is 1. The summed E-state index contributed by atoms with van der Waals surface area (Å²) >= 11 is 3.76. The van der Waals surface area contributed by atoms with Gasteiger partial charge in [0.2, 0.25) is 0 Å². The molecule has 96 valence electrons. The first-order valence-electron chi connectivity index (χ1n) is 6.86. The number of nitrogens with zero attached hydrogens (tertiary/aromatic N) is 2. The van der Waals surface area contributed by atoms with Gasteiger partial charge in [0.1, 0.15) is 5.82 Å². The molecule has 1 aromatic rings. The Bertz CT molecular complexity index is 338. The van der Waals surface area contributed by atoms with E-state index in [1.807, 2.05) is 6.20 Å². The third-order valence-electron chi connectivity index (χ3n) is 4.07. The summed E-state index contributed by atoms with van der Waals surface area (Å²) in [6.45, 7) is 3.33. The van der Waals surface area contributed by atoms with Gasteiger partial charge in [-0.2, -0.15) is 0 Å². The van der Waals surface area contributed by atoms with Crippen LogP contribution >= 0.6 is 15.9 Å².